The Morgan fingerprint density at radius 1 is 1.42 bits per heavy atom. The van der Waals surface area contributed by atoms with Crippen molar-refractivity contribution in [3.63, 3.8) is 0 Å². The molecule has 0 aliphatic rings. The first-order valence-electron chi connectivity index (χ1n) is 6.22. The van der Waals surface area contributed by atoms with E-state index in [0.717, 1.165) is 11.0 Å². The lowest BCUT2D eigenvalue weighted by Crippen LogP contribution is -2.50. The Bertz CT molecular complexity index is 633. The molecule has 5 nitrogen and oxygen atoms in total. The number of fused-ring (bicyclic) bond motifs is 1. The van der Waals surface area contributed by atoms with Gasteiger partial charge < -0.3 is 15.0 Å². The molecule has 1 unspecified atom stereocenters. The van der Waals surface area contributed by atoms with Crippen LogP contribution in [0.5, 0.6) is 0 Å². The zero-order chi connectivity index (χ0) is 14.2. The van der Waals surface area contributed by atoms with E-state index in [-0.39, 0.29) is 0 Å². The summed E-state index contributed by atoms with van der Waals surface area (Å²) < 4.78 is 1.88. The highest BCUT2D eigenvalue weighted by Gasteiger charge is 2.32. The lowest BCUT2D eigenvalue weighted by molar-refractivity contribution is -0.144. The Labute approximate surface area is 112 Å². The number of nitrogens with zero attached hydrogens (tertiary/aromatic N) is 2. The molecule has 2 N–H and O–H groups in total. The van der Waals surface area contributed by atoms with Crippen molar-refractivity contribution in [3.05, 3.63) is 29.6 Å². The van der Waals surface area contributed by atoms with E-state index in [9.17, 15) is 9.90 Å². The molecule has 0 aliphatic carbocycles. The number of carboxylic acids is 1. The third-order valence-corrected chi connectivity index (χ3v) is 3.75. The number of carbonyl (C=O) groups is 1. The molecule has 5 heteroatoms. The van der Waals surface area contributed by atoms with Crippen molar-refractivity contribution in [2.24, 2.45) is 0 Å². The van der Waals surface area contributed by atoms with Crippen molar-refractivity contribution in [1.29, 1.82) is 0 Å². The van der Waals surface area contributed by atoms with Gasteiger partial charge in [-0.25, -0.2) is 4.98 Å². The highest BCUT2D eigenvalue weighted by Crippen LogP contribution is 2.20. The summed E-state index contributed by atoms with van der Waals surface area (Å²) in [5.74, 6) is -0.874. The van der Waals surface area contributed by atoms with Crippen LogP contribution in [0.1, 0.15) is 18.1 Å². The Morgan fingerprint density at radius 2 is 2.05 bits per heavy atom. The largest absolute Gasteiger partial charge is 0.480 e. The molecule has 0 aliphatic heterocycles. The summed E-state index contributed by atoms with van der Waals surface area (Å²) in [7, 11) is 1.66. The van der Waals surface area contributed by atoms with E-state index in [0.29, 0.717) is 6.54 Å². The van der Waals surface area contributed by atoms with Crippen LogP contribution < -0.4 is 5.32 Å². The van der Waals surface area contributed by atoms with Gasteiger partial charge in [-0.1, -0.05) is 0 Å². The van der Waals surface area contributed by atoms with E-state index < -0.39 is 11.5 Å². The van der Waals surface area contributed by atoms with Gasteiger partial charge in [0.1, 0.15) is 5.54 Å². The smallest absolute Gasteiger partial charge is 0.325 e. The van der Waals surface area contributed by atoms with Crippen LogP contribution in [-0.4, -0.2) is 33.2 Å². The summed E-state index contributed by atoms with van der Waals surface area (Å²) in [5, 5.41) is 12.2. The summed E-state index contributed by atoms with van der Waals surface area (Å²) in [5.41, 5.74) is 3.22. The molecule has 19 heavy (non-hydrogen) atoms. The maximum atomic E-state index is 11.3. The van der Waals surface area contributed by atoms with E-state index in [1.165, 1.54) is 11.1 Å². The standard InChI is InChI=1S/C14H19N3O2/c1-9-5-11-12(6-10(9)2)17(8-16-11)7-14(3,15-4)13(18)19/h5-6,8,15H,7H2,1-4H3,(H,18,19). The first kappa shape index (κ1) is 13.5. The topological polar surface area (TPSA) is 67.2 Å². The number of hydrogen-bond acceptors (Lipinski definition) is 3. The van der Waals surface area contributed by atoms with E-state index in [1.807, 2.05) is 24.5 Å². The first-order chi connectivity index (χ1) is 8.87. The number of likely N-dealkylation sites (N-methyl/N-ethyl adjacent to an activating group) is 1. The number of benzene rings is 1. The SMILES string of the molecule is CNC(C)(Cn1cnc2cc(C)c(C)cc21)C(=O)O. The maximum absolute atomic E-state index is 11.3. The van der Waals surface area contributed by atoms with Gasteiger partial charge >= 0.3 is 5.97 Å². The van der Waals surface area contributed by atoms with Gasteiger partial charge in [0.15, 0.2) is 0 Å². The lowest BCUT2D eigenvalue weighted by atomic mass is 10.0. The number of carboxylic acid groups (broad SMARTS) is 1. The number of nitrogens with one attached hydrogen (secondary N) is 1. The molecule has 0 amide bonds. The van der Waals surface area contributed by atoms with Gasteiger partial charge in [-0.05, 0) is 51.1 Å². The number of rotatable bonds is 4. The summed E-state index contributed by atoms with van der Waals surface area (Å²) in [6.45, 7) is 6.09. The molecule has 0 saturated heterocycles. The molecular weight excluding hydrogens is 242 g/mol. The summed E-state index contributed by atoms with van der Waals surface area (Å²) in [6.07, 6.45) is 1.70. The van der Waals surface area contributed by atoms with Gasteiger partial charge in [0.05, 0.1) is 23.9 Å². The molecule has 0 radical (unpaired) electrons. The average Bonchev–Trinajstić information content (AvgIpc) is 2.72. The Morgan fingerprint density at radius 3 is 2.63 bits per heavy atom. The fourth-order valence-electron chi connectivity index (χ4n) is 2.03. The van der Waals surface area contributed by atoms with Crippen molar-refractivity contribution < 1.29 is 9.90 Å². The highest BCUT2D eigenvalue weighted by molar-refractivity contribution is 5.80. The predicted octanol–water partition coefficient (Wildman–Crippen LogP) is 1.72. The van der Waals surface area contributed by atoms with Gasteiger partial charge in [-0.2, -0.15) is 0 Å². The number of imidazole rings is 1. The zero-order valence-corrected chi connectivity index (χ0v) is 11.7. The van der Waals surface area contributed by atoms with Crippen molar-refractivity contribution in [2.45, 2.75) is 32.9 Å². The van der Waals surface area contributed by atoms with Crippen molar-refractivity contribution in [3.8, 4) is 0 Å². The van der Waals surface area contributed by atoms with Gasteiger partial charge in [0.25, 0.3) is 0 Å². The average molecular weight is 261 g/mol. The third-order valence-electron chi connectivity index (χ3n) is 3.75. The minimum atomic E-state index is -1.01. The summed E-state index contributed by atoms with van der Waals surface area (Å²) in [6, 6.07) is 4.08. The first-order valence-corrected chi connectivity index (χ1v) is 6.22. The van der Waals surface area contributed by atoms with Gasteiger partial charge in [-0.15, -0.1) is 0 Å². The van der Waals surface area contributed by atoms with E-state index >= 15 is 0 Å². The molecule has 0 fully saturated rings. The summed E-state index contributed by atoms with van der Waals surface area (Å²) in [4.78, 5) is 15.7. The third kappa shape index (κ3) is 2.33. The number of aromatic nitrogens is 2. The van der Waals surface area contributed by atoms with Crippen LogP contribution in [0.25, 0.3) is 11.0 Å². The quantitative estimate of drug-likeness (QED) is 0.879. The van der Waals surface area contributed by atoms with E-state index in [2.05, 4.69) is 16.4 Å². The monoisotopic (exact) mass is 261 g/mol. The van der Waals surface area contributed by atoms with Crippen LogP contribution in [0.2, 0.25) is 0 Å². The van der Waals surface area contributed by atoms with E-state index in [4.69, 9.17) is 0 Å². The van der Waals surface area contributed by atoms with Crippen molar-refractivity contribution >= 4 is 17.0 Å². The molecular formula is C14H19N3O2. The second-order valence-corrected chi connectivity index (χ2v) is 5.18. The van der Waals surface area contributed by atoms with Crippen molar-refractivity contribution in [1.82, 2.24) is 14.9 Å². The van der Waals surface area contributed by atoms with Crippen LogP contribution in [-0.2, 0) is 11.3 Å². The lowest BCUT2D eigenvalue weighted by Gasteiger charge is -2.24. The minimum Gasteiger partial charge on any atom is -0.480 e. The fraction of sp³-hybridized carbons (Fsp3) is 0.429. The Balaban J connectivity index is 2.47. The van der Waals surface area contributed by atoms with Crippen LogP contribution >= 0.6 is 0 Å². The van der Waals surface area contributed by atoms with Crippen LogP contribution in [0.4, 0.5) is 0 Å². The minimum absolute atomic E-state index is 0.331. The molecule has 1 heterocycles. The molecule has 0 saturated carbocycles. The second kappa shape index (κ2) is 4.66. The number of hydrogen-bond donors (Lipinski definition) is 2. The van der Waals surface area contributed by atoms with Crippen LogP contribution in [0.3, 0.4) is 0 Å². The van der Waals surface area contributed by atoms with Crippen LogP contribution in [0.15, 0.2) is 18.5 Å². The predicted molar refractivity (Wildman–Crippen MR) is 74.3 cm³/mol. The highest BCUT2D eigenvalue weighted by atomic mass is 16.4. The summed E-state index contributed by atoms with van der Waals surface area (Å²) >= 11 is 0. The normalized spacial score (nSPS) is 14.5. The maximum Gasteiger partial charge on any atom is 0.325 e. The molecule has 1 atom stereocenters. The molecule has 2 rings (SSSR count). The van der Waals surface area contributed by atoms with Gasteiger partial charge in [-0.3, -0.25) is 4.79 Å². The molecule has 1 aromatic carbocycles. The molecule has 0 bridgehead atoms. The van der Waals surface area contributed by atoms with Gasteiger partial charge in [0.2, 0.25) is 0 Å². The zero-order valence-electron chi connectivity index (χ0n) is 11.7. The molecule has 1 aromatic heterocycles. The molecule has 0 spiro atoms. The van der Waals surface area contributed by atoms with E-state index in [1.54, 1.807) is 20.3 Å². The van der Waals surface area contributed by atoms with Crippen LogP contribution in [0, 0.1) is 13.8 Å². The fourth-order valence-corrected chi connectivity index (χ4v) is 2.03. The molecule has 102 valence electrons. The van der Waals surface area contributed by atoms with Crippen molar-refractivity contribution in [2.75, 3.05) is 7.05 Å². The Hall–Kier alpha value is -1.88. The number of aryl methyl sites for hydroxylation is 2. The Kier molecular flexibility index (Phi) is 3.32. The number of aliphatic carboxylic acids is 1. The molecule has 2 aromatic rings. The van der Waals surface area contributed by atoms with Gasteiger partial charge in [0, 0.05) is 0 Å². The second-order valence-electron chi connectivity index (χ2n) is 5.18.